The van der Waals surface area contributed by atoms with E-state index in [4.69, 9.17) is 18.9 Å². The molecule has 0 saturated heterocycles. The largest absolute Gasteiger partial charge is 0.493 e. The predicted octanol–water partition coefficient (Wildman–Crippen LogP) is 3.57. The minimum Gasteiger partial charge on any atom is -0.493 e. The van der Waals surface area contributed by atoms with Gasteiger partial charge in [-0.3, -0.25) is 14.4 Å². The molecule has 0 bridgehead atoms. The number of allylic oxidation sites excluding steroid dienone is 2. The van der Waals surface area contributed by atoms with Crippen LogP contribution in [0.4, 0.5) is 0 Å². The maximum Gasteiger partial charge on any atom is 0.317 e. The van der Waals surface area contributed by atoms with E-state index in [9.17, 15) is 14.4 Å². The second-order valence-corrected chi connectivity index (χ2v) is 9.06. The van der Waals surface area contributed by atoms with Crippen LogP contribution in [0.1, 0.15) is 42.0 Å². The first kappa shape index (κ1) is 23.8. The number of methoxy groups -OCH3 is 3. The number of ketones is 1. The van der Waals surface area contributed by atoms with Crippen LogP contribution in [0.25, 0.3) is 0 Å². The summed E-state index contributed by atoms with van der Waals surface area (Å²) in [4.78, 5) is 40.5. The summed E-state index contributed by atoms with van der Waals surface area (Å²) in [7, 11) is 4.52. The summed E-state index contributed by atoms with van der Waals surface area (Å²) in [6, 6.07) is 7.27. The van der Waals surface area contributed by atoms with Gasteiger partial charge in [0.2, 0.25) is 11.7 Å². The Bertz CT molecular complexity index is 1110. The number of hydrogen-bond donors (Lipinski definition) is 1. The third kappa shape index (κ3) is 4.16. The molecule has 2 heterocycles. The second-order valence-electron chi connectivity index (χ2n) is 8.08. The highest BCUT2D eigenvalue weighted by molar-refractivity contribution is 7.10. The van der Waals surface area contributed by atoms with Crippen molar-refractivity contribution in [3.63, 3.8) is 0 Å². The van der Waals surface area contributed by atoms with E-state index in [1.807, 2.05) is 17.5 Å². The van der Waals surface area contributed by atoms with Gasteiger partial charge in [0.1, 0.15) is 5.92 Å². The smallest absolute Gasteiger partial charge is 0.317 e. The van der Waals surface area contributed by atoms with Crippen LogP contribution in [0.2, 0.25) is 0 Å². The van der Waals surface area contributed by atoms with Crippen LogP contribution in [-0.2, 0) is 19.1 Å². The summed E-state index contributed by atoms with van der Waals surface area (Å²) in [5.74, 6) is -1.73. The number of thiophene rings is 1. The Balaban J connectivity index is 1.85. The van der Waals surface area contributed by atoms with Crippen LogP contribution < -0.4 is 19.5 Å². The van der Waals surface area contributed by atoms with Crippen molar-refractivity contribution in [1.82, 2.24) is 5.32 Å². The van der Waals surface area contributed by atoms with Gasteiger partial charge in [0.15, 0.2) is 17.3 Å². The highest BCUT2D eigenvalue weighted by Gasteiger charge is 2.48. The Morgan fingerprint density at radius 2 is 1.79 bits per heavy atom. The van der Waals surface area contributed by atoms with Crippen molar-refractivity contribution in [2.24, 2.45) is 5.92 Å². The van der Waals surface area contributed by atoms with E-state index in [2.05, 4.69) is 5.32 Å². The summed E-state index contributed by atoms with van der Waals surface area (Å²) in [5, 5.41) is 4.80. The summed E-state index contributed by atoms with van der Waals surface area (Å²) >= 11 is 1.48. The third-order valence-electron chi connectivity index (χ3n) is 6.27. The molecule has 4 rings (SSSR count). The number of esters is 1. The standard InChI is InChI=1S/C25H27NO7S/c1-5-33-25(29)22-15(19-7-6-8-34-19)11-16-21(23(22)28)14(12-20(27)26-16)13-9-17(30-2)24(32-4)18(10-13)31-3/h6-10,14-15,22H,5,11-12H2,1-4H3,(H,26,27)/t14-,15+,22+/m1/s1. The van der Waals surface area contributed by atoms with Crippen LogP contribution in [-0.4, -0.2) is 45.6 Å². The number of carbonyl (C=O) groups is 3. The van der Waals surface area contributed by atoms with Crippen molar-refractivity contribution in [2.45, 2.75) is 31.6 Å². The third-order valence-corrected chi connectivity index (χ3v) is 7.27. The van der Waals surface area contributed by atoms with Crippen molar-refractivity contribution in [2.75, 3.05) is 27.9 Å². The lowest BCUT2D eigenvalue weighted by atomic mass is 9.69. The topological polar surface area (TPSA) is 100 Å². The highest BCUT2D eigenvalue weighted by Crippen LogP contribution is 2.48. The lowest BCUT2D eigenvalue weighted by Crippen LogP contribution is -2.44. The summed E-state index contributed by atoms with van der Waals surface area (Å²) in [6.07, 6.45) is 0.417. The first-order chi connectivity index (χ1) is 16.4. The van der Waals surface area contributed by atoms with Crippen LogP contribution in [0, 0.1) is 5.92 Å². The Kier molecular flexibility index (Phi) is 6.92. The average Bonchev–Trinajstić information content (AvgIpc) is 3.37. The number of rotatable bonds is 7. The van der Waals surface area contributed by atoms with Gasteiger partial charge in [-0.1, -0.05) is 6.07 Å². The molecule has 0 spiro atoms. The van der Waals surface area contributed by atoms with Gasteiger partial charge in [-0.15, -0.1) is 11.3 Å². The summed E-state index contributed by atoms with van der Waals surface area (Å²) in [6.45, 7) is 1.90. The quantitative estimate of drug-likeness (QED) is 0.473. The number of Topliss-reactive ketones (excluding diaryl/α,β-unsaturated/α-hetero) is 1. The molecule has 1 amide bonds. The number of carbonyl (C=O) groups excluding carboxylic acids is 3. The molecular formula is C25H27NO7S. The number of benzene rings is 1. The fourth-order valence-electron chi connectivity index (χ4n) is 4.81. The number of ether oxygens (including phenoxy) is 4. The Hall–Kier alpha value is -3.33. The molecule has 1 aromatic heterocycles. The zero-order valence-corrected chi connectivity index (χ0v) is 20.3. The van der Waals surface area contributed by atoms with Crippen molar-refractivity contribution in [3.8, 4) is 17.2 Å². The minimum absolute atomic E-state index is 0.0580. The van der Waals surface area contributed by atoms with Crippen LogP contribution >= 0.6 is 11.3 Å². The molecule has 0 fully saturated rings. The molecule has 180 valence electrons. The van der Waals surface area contributed by atoms with Crippen LogP contribution in [0.5, 0.6) is 17.2 Å². The van der Waals surface area contributed by atoms with Gasteiger partial charge < -0.3 is 24.3 Å². The van der Waals surface area contributed by atoms with Gasteiger partial charge in [-0.2, -0.15) is 0 Å². The fraction of sp³-hybridized carbons (Fsp3) is 0.400. The van der Waals surface area contributed by atoms with E-state index in [0.29, 0.717) is 40.5 Å². The molecular weight excluding hydrogens is 458 g/mol. The minimum atomic E-state index is -0.975. The van der Waals surface area contributed by atoms with Gasteiger partial charge in [-0.25, -0.2) is 0 Å². The Morgan fingerprint density at radius 3 is 2.35 bits per heavy atom. The first-order valence-electron chi connectivity index (χ1n) is 11.0. The van der Waals surface area contributed by atoms with Crippen molar-refractivity contribution >= 4 is 29.0 Å². The predicted molar refractivity (Wildman–Crippen MR) is 125 cm³/mol. The number of nitrogens with one attached hydrogen (secondary N) is 1. The molecule has 3 atom stereocenters. The number of amides is 1. The highest BCUT2D eigenvalue weighted by atomic mass is 32.1. The zero-order chi connectivity index (χ0) is 24.4. The molecule has 8 nitrogen and oxygen atoms in total. The maximum absolute atomic E-state index is 13.9. The molecule has 0 unspecified atom stereocenters. The lowest BCUT2D eigenvalue weighted by molar-refractivity contribution is -0.152. The summed E-state index contributed by atoms with van der Waals surface area (Å²) < 4.78 is 21.7. The van der Waals surface area contributed by atoms with Gasteiger partial charge >= 0.3 is 5.97 Å². The van der Waals surface area contributed by atoms with E-state index in [1.54, 1.807) is 19.1 Å². The number of hydrogen-bond acceptors (Lipinski definition) is 8. The molecule has 0 saturated carbocycles. The van der Waals surface area contributed by atoms with Gasteiger partial charge in [0.05, 0.1) is 27.9 Å². The lowest BCUT2D eigenvalue weighted by Gasteiger charge is -2.37. The van der Waals surface area contributed by atoms with E-state index >= 15 is 0 Å². The average molecular weight is 486 g/mol. The van der Waals surface area contributed by atoms with Gasteiger partial charge in [-0.05, 0) is 42.5 Å². The van der Waals surface area contributed by atoms with Gasteiger partial charge in [0, 0.05) is 34.4 Å². The molecule has 2 aliphatic rings. The first-order valence-corrected chi connectivity index (χ1v) is 11.9. The second kappa shape index (κ2) is 9.89. The molecule has 1 aromatic carbocycles. The van der Waals surface area contributed by atoms with Gasteiger partial charge in [0.25, 0.3) is 0 Å². The van der Waals surface area contributed by atoms with Crippen molar-refractivity contribution in [3.05, 3.63) is 51.4 Å². The monoisotopic (exact) mass is 485 g/mol. The van der Waals surface area contributed by atoms with E-state index in [0.717, 1.165) is 4.88 Å². The van der Waals surface area contributed by atoms with E-state index in [1.165, 1.54) is 32.7 Å². The van der Waals surface area contributed by atoms with Crippen molar-refractivity contribution < 1.29 is 33.3 Å². The Morgan fingerprint density at radius 1 is 1.09 bits per heavy atom. The van der Waals surface area contributed by atoms with Crippen LogP contribution in [0.3, 0.4) is 0 Å². The molecule has 9 heteroatoms. The Labute approximate surface area is 201 Å². The molecule has 0 radical (unpaired) electrons. The molecule has 1 aliphatic carbocycles. The van der Waals surface area contributed by atoms with Crippen molar-refractivity contribution in [1.29, 1.82) is 0 Å². The molecule has 1 N–H and O–H groups in total. The summed E-state index contributed by atoms with van der Waals surface area (Å²) in [5.41, 5.74) is 1.65. The SMILES string of the molecule is CCOC(=O)[C@@H]1C(=O)C2=C(C[C@H]1c1cccs1)NC(=O)C[C@@H]2c1cc(OC)c(OC)c(OC)c1. The maximum atomic E-state index is 13.9. The van der Waals surface area contributed by atoms with E-state index in [-0.39, 0.29) is 24.7 Å². The molecule has 1 aliphatic heterocycles. The zero-order valence-electron chi connectivity index (χ0n) is 19.5. The van der Waals surface area contributed by atoms with Crippen LogP contribution in [0.15, 0.2) is 40.9 Å². The van der Waals surface area contributed by atoms with E-state index < -0.39 is 23.7 Å². The molecule has 2 aromatic rings. The normalized spacial score (nSPS) is 22.1. The molecule has 34 heavy (non-hydrogen) atoms. The fourth-order valence-corrected chi connectivity index (χ4v) is 5.68.